The molecule has 2 aromatic rings. The lowest BCUT2D eigenvalue weighted by molar-refractivity contribution is 0.0597. The normalized spacial score (nSPS) is 18.2. The molecule has 4 rings (SSSR count). The number of imide groups is 1. The second-order valence-electron chi connectivity index (χ2n) is 7.65. The minimum absolute atomic E-state index is 0.166. The highest BCUT2D eigenvalue weighted by molar-refractivity contribution is 6.25. The minimum atomic E-state index is -0.166. The molecule has 1 fully saturated rings. The summed E-state index contributed by atoms with van der Waals surface area (Å²) in [5.74, 6) is -0.332. The number of nitrogens with two attached hydrogens (primary N) is 1. The van der Waals surface area contributed by atoms with Crippen LogP contribution in [-0.4, -0.2) is 78.9 Å². The summed E-state index contributed by atoms with van der Waals surface area (Å²) >= 11 is 0. The summed E-state index contributed by atoms with van der Waals surface area (Å²) in [7, 11) is 0. The first kappa shape index (κ1) is 19.1. The summed E-state index contributed by atoms with van der Waals surface area (Å²) in [5.41, 5.74) is 6.87. The van der Waals surface area contributed by atoms with Crippen LogP contribution in [-0.2, 0) is 0 Å². The molecule has 2 amide bonds. The van der Waals surface area contributed by atoms with E-state index in [-0.39, 0.29) is 11.8 Å². The van der Waals surface area contributed by atoms with Gasteiger partial charge < -0.3 is 15.5 Å². The number of hydrogen-bond acceptors (Lipinski definition) is 5. The molecule has 0 aliphatic carbocycles. The third-order valence-corrected chi connectivity index (χ3v) is 5.86. The van der Waals surface area contributed by atoms with E-state index in [4.69, 9.17) is 5.73 Å². The average Bonchev–Trinajstić information content (AvgIpc) is 2.73. The molecular formula is C22H28N4O2. The van der Waals surface area contributed by atoms with Gasteiger partial charge in [-0.15, -0.1) is 0 Å². The number of benzene rings is 2. The molecule has 0 saturated carbocycles. The highest BCUT2D eigenvalue weighted by atomic mass is 16.2. The molecule has 0 spiro atoms. The lowest BCUT2D eigenvalue weighted by Crippen LogP contribution is -2.48. The second-order valence-corrected chi connectivity index (χ2v) is 7.65. The zero-order chi connectivity index (χ0) is 19.5. The second kappa shape index (κ2) is 8.39. The summed E-state index contributed by atoms with van der Waals surface area (Å²) in [6.45, 7) is 7.40. The maximum Gasteiger partial charge on any atom is 0.261 e. The molecule has 28 heavy (non-hydrogen) atoms. The van der Waals surface area contributed by atoms with Crippen LogP contribution in [0.3, 0.4) is 0 Å². The highest BCUT2D eigenvalue weighted by Crippen LogP contribution is 2.29. The highest BCUT2D eigenvalue weighted by Gasteiger charge is 2.32. The van der Waals surface area contributed by atoms with Crippen LogP contribution in [0.25, 0.3) is 10.8 Å². The van der Waals surface area contributed by atoms with Gasteiger partial charge in [0.05, 0.1) is 0 Å². The van der Waals surface area contributed by atoms with Gasteiger partial charge in [0.25, 0.3) is 11.8 Å². The largest absolute Gasteiger partial charge is 0.330 e. The number of hydrogen-bond donors (Lipinski definition) is 1. The van der Waals surface area contributed by atoms with Gasteiger partial charge in [0.15, 0.2) is 0 Å². The van der Waals surface area contributed by atoms with Crippen molar-refractivity contribution in [2.45, 2.75) is 12.8 Å². The van der Waals surface area contributed by atoms with E-state index < -0.39 is 0 Å². The Morgan fingerprint density at radius 2 is 1.29 bits per heavy atom. The smallest absolute Gasteiger partial charge is 0.261 e. The van der Waals surface area contributed by atoms with Gasteiger partial charge in [-0.1, -0.05) is 24.3 Å². The lowest BCUT2D eigenvalue weighted by atomic mass is 9.94. The van der Waals surface area contributed by atoms with E-state index in [0.29, 0.717) is 17.7 Å². The van der Waals surface area contributed by atoms with E-state index in [0.717, 1.165) is 69.4 Å². The molecule has 0 atom stereocenters. The van der Waals surface area contributed by atoms with Gasteiger partial charge in [-0.3, -0.25) is 14.5 Å². The molecular weight excluding hydrogens is 352 g/mol. The zero-order valence-corrected chi connectivity index (χ0v) is 16.3. The number of nitrogens with zero attached hydrogens (tertiary/aromatic N) is 3. The lowest BCUT2D eigenvalue weighted by Gasteiger charge is -2.35. The van der Waals surface area contributed by atoms with Crippen LogP contribution < -0.4 is 5.73 Å². The van der Waals surface area contributed by atoms with Crippen LogP contribution >= 0.6 is 0 Å². The van der Waals surface area contributed by atoms with E-state index in [2.05, 4.69) is 9.80 Å². The van der Waals surface area contributed by atoms with Gasteiger partial charge in [0, 0.05) is 49.2 Å². The Labute approximate surface area is 165 Å². The van der Waals surface area contributed by atoms with Gasteiger partial charge in [-0.25, -0.2) is 0 Å². The molecule has 2 aromatic carbocycles. The first-order valence-electron chi connectivity index (χ1n) is 10.2. The number of carbonyl (C=O) groups excluding carboxylic acids is 2. The van der Waals surface area contributed by atoms with E-state index in [1.165, 1.54) is 4.90 Å². The van der Waals surface area contributed by atoms with Crippen LogP contribution in [0.5, 0.6) is 0 Å². The maximum absolute atomic E-state index is 12.9. The SMILES string of the molecule is NCCCN1CCN(CCCN2C(=O)c3cccc4cccc(c34)C2=O)CC1. The van der Waals surface area contributed by atoms with Crippen molar-refractivity contribution in [1.82, 2.24) is 14.7 Å². The van der Waals surface area contributed by atoms with Crippen molar-refractivity contribution >= 4 is 22.6 Å². The molecule has 1 saturated heterocycles. The van der Waals surface area contributed by atoms with Gasteiger partial charge >= 0.3 is 0 Å². The topological polar surface area (TPSA) is 69.9 Å². The maximum atomic E-state index is 12.9. The monoisotopic (exact) mass is 380 g/mol. The van der Waals surface area contributed by atoms with Crippen molar-refractivity contribution < 1.29 is 9.59 Å². The van der Waals surface area contributed by atoms with E-state index >= 15 is 0 Å². The molecule has 0 unspecified atom stereocenters. The number of carbonyl (C=O) groups is 2. The third kappa shape index (κ3) is 3.68. The minimum Gasteiger partial charge on any atom is -0.330 e. The molecule has 0 aromatic heterocycles. The fourth-order valence-corrected chi connectivity index (χ4v) is 4.29. The van der Waals surface area contributed by atoms with Gasteiger partial charge in [-0.05, 0) is 50.0 Å². The van der Waals surface area contributed by atoms with Crippen LogP contribution in [0.4, 0.5) is 0 Å². The van der Waals surface area contributed by atoms with Gasteiger partial charge in [0.1, 0.15) is 0 Å². The number of piperazine rings is 1. The summed E-state index contributed by atoms with van der Waals surface area (Å²) in [6, 6.07) is 11.3. The average molecular weight is 380 g/mol. The third-order valence-electron chi connectivity index (χ3n) is 5.86. The Balaban J connectivity index is 1.35. The van der Waals surface area contributed by atoms with Crippen LogP contribution in [0.15, 0.2) is 36.4 Å². The number of amides is 2. The Bertz CT molecular complexity index is 823. The molecule has 6 heteroatoms. The van der Waals surface area contributed by atoms with Crippen LogP contribution in [0.2, 0.25) is 0 Å². The molecule has 0 bridgehead atoms. The van der Waals surface area contributed by atoms with Crippen molar-refractivity contribution in [2.24, 2.45) is 5.73 Å². The molecule has 0 radical (unpaired) electrons. The molecule has 2 aliphatic rings. The predicted octanol–water partition coefficient (Wildman–Crippen LogP) is 1.79. The van der Waals surface area contributed by atoms with Crippen molar-refractivity contribution in [2.75, 3.05) is 52.4 Å². The van der Waals surface area contributed by atoms with E-state index in [9.17, 15) is 9.59 Å². The standard InChI is InChI=1S/C22H28N4O2/c23-9-3-10-24-13-15-25(16-14-24)11-4-12-26-21(27)18-7-1-5-17-6-2-8-19(20(17)18)22(26)28/h1-2,5-8H,3-4,9-16,23H2. The van der Waals surface area contributed by atoms with Crippen molar-refractivity contribution in [3.8, 4) is 0 Å². The summed E-state index contributed by atoms with van der Waals surface area (Å²) in [6.07, 6.45) is 1.85. The predicted molar refractivity (Wildman–Crippen MR) is 110 cm³/mol. The summed E-state index contributed by atoms with van der Waals surface area (Å²) in [4.78, 5) is 32.1. The molecule has 148 valence electrons. The fraction of sp³-hybridized carbons (Fsp3) is 0.455. The van der Waals surface area contributed by atoms with Crippen molar-refractivity contribution in [1.29, 1.82) is 0 Å². The van der Waals surface area contributed by atoms with Crippen LogP contribution in [0, 0.1) is 0 Å². The molecule has 2 aliphatic heterocycles. The summed E-state index contributed by atoms with van der Waals surface area (Å²) < 4.78 is 0. The molecule has 2 heterocycles. The van der Waals surface area contributed by atoms with Crippen molar-refractivity contribution in [3.05, 3.63) is 47.5 Å². The quantitative estimate of drug-likeness (QED) is 0.742. The fourth-order valence-electron chi connectivity index (χ4n) is 4.29. The molecule has 2 N–H and O–H groups in total. The van der Waals surface area contributed by atoms with Crippen molar-refractivity contribution in [3.63, 3.8) is 0 Å². The Hall–Kier alpha value is -2.28. The Kier molecular flexibility index (Phi) is 5.71. The summed E-state index contributed by atoms with van der Waals surface area (Å²) in [5, 5.41) is 1.74. The number of rotatable bonds is 7. The van der Waals surface area contributed by atoms with E-state index in [1.807, 2.05) is 36.4 Å². The Morgan fingerprint density at radius 1 is 0.750 bits per heavy atom. The van der Waals surface area contributed by atoms with Crippen LogP contribution in [0.1, 0.15) is 33.6 Å². The van der Waals surface area contributed by atoms with E-state index in [1.54, 1.807) is 0 Å². The zero-order valence-electron chi connectivity index (χ0n) is 16.3. The molecule has 6 nitrogen and oxygen atoms in total. The van der Waals surface area contributed by atoms with Gasteiger partial charge in [0.2, 0.25) is 0 Å². The Morgan fingerprint density at radius 3 is 1.82 bits per heavy atom. The first-order valence-corrected chi connectivity index (χ1v) is 10.2. The van der Waals surface area contributed by atoms with Gasteiger partial charge in [-0.2, -0.15) is 0 Å². The first-order chi connectivity index (χ1) is 13.7.